The van der Waals surface area contributed by atoms with E-state index in [2.05, 4.69) is 5.10 Å². The molecule has 7 nitrogen and oxygen atoms in total. The average molecular weight is 305 g/mol. The highest BCUT2D eigenvalue weighted by atomic mass is 16.5. The Hall–Kier alpha value is -2.70. The predicted molar refractivity (Wildman–Crippen MR) is 83.7 cm³/mol. The van der Waals surface area contributed by atoms with Crippen molar-refractivity contribution < 1.29 is 14.2 Å². The van der Waals surface area contributed by atoms with Gasteiger partial charge >= 0.3 is 0 Å². The Balaban J connectivity index is 2.72. The molecule has 7 heteroatoms. The Morgan fingerprint density at radius 1 is 1.14 bits per heavy atom. The molecule has 0 saturated heterocycles. The fourth-order valence-corrected chi connectivity index (χ4v) is 2.21. The fourth-order valence-electron chi connectivity index (χ4n) is 2.21. The van der Waals surface area contributed by atoms with Crippen LogP contribution in [0.15, 0.2) is 23.0 Å². The van der Waals surface area contributed by atoms with Crippen LogP contribution in [0.4, 0.5) is 5.69 Å². The fraction of sp³-hybridized carbons (Fsp3) is 0.333. The number of aromatic nitrogens is 2. The van der Waals surface area contributed by atoms with Crippen LogP contribution in [0.1, 0.15) is 6.92 Å². The lowest BCUT2D eigenvalue weighted by molar-refractivity contribution is 0.325. The summed E-state index contributed by atoms with van der Waals surface area (Å²) in [5.41, 5.74) is 6.78. The first-order valence-electron chi connectivity index (χ1n) is 6.74. The van der Waals surface area contributed by atoms with Crippen LogP contribution in [0.3, 0.4) is 0 Å². The van der Waals surface area contributed by atoms with E-state index in [0.717, 1.165) is 0 Å². The highest BCUT2D eigenvalue weighted by molar-refractivity contribution is 5.75. The first-order valence-corrected chi connectivity index (χ1v) is 6.74. The van der Waals surface area contributed by atoms with Crippen molar-refractivity contribution in [3.63, 3.8) is 0 Å². The molecule has 2 rings (SSSR count). The van der Waals surface area contributed by atoms with Crippen molar-refractivity contribution >= 4 is 5.69 Å². The SMILES string of the molecule is CCn1nc(-c2ccc(OC)c(OC)c2OC)cc(N)c1=O. The smallest absolute Gasteiger partial charge is 0.289 e. The van der Waals surface area contributed by atoms with E-state index < -0.39 is 0 Å². The van der Waals surface area contributed by atoms with Gasteiger partial charge in [-0.2, -0.15) is 5.10 Å². The number of anilines is 1. The van der Waals surface area contributed by atoms with E-state index in [1.807, 2.05) is 6.92 Å². The average Bonchev–Trinajstić information content (AvgIpc) is 2.55. The van der Waals surface area contributed by atoms with Crippen LogP contribution in [-0.4, -0.2) is 31.1 Å². The van der Waals surface area contributed by atoms with Crippen molar-refractivity contribution in [2.24, 2.45) is 0 Å². The molecule has 1 heterocycles. The van der Waals surface area contributed by atoms with E-state index in [9.17, 15) is 4.79 Å². The topological polar surface area (TPSA) is 88.6 Å². The first-order chi connectivity index (χ1) is 10.6. The third-order valence-corrected chi connectivity index (χ3v) is 3.28. The summed E-state index contributed by atoms with van der Waals surface area (Å²) in [7, 11) is 4.60. The lowest BCUT2D eigenvalue weighted by Crippen LogP contribution is -2.25. The minimum atomic E-state index is -0.314. The van der Waals surface area contributed by atoms with E-state index in [-0.39, 0.29) is 11.2 Å². The Labute approximate surface area is 128 Å². The second kappa shape index (κ2) is 6.38. The Kier molecular flexibility index (Phi) is 4.55. The summed E-state index contributed by atoms with van der Waals surface area (Å²) in [6.07, 6.45) is 0. The van der Waals surface area contributed by atoms with Crippen LogP contribution in [0.2, 0.25) is 0 Å². The molecule has 0 unspecified atom stereocenters. The molecule has 0 radical (unpaired) electrons. The molecule has 2 aromatic rings. The maximum atomic E-state index is 11.9. The summed E-state index contributed by atoms with van der Waals surface area (Å²) in [5, 5.41) is 4.31. The normalized spacial score (nSPS) is 10.4. The summed E-state index contributed by atoms with van der Waals surface area (Å²) >= 11 is 0. The van der Waals surface area contributed by atoms with Crippen molar-refractivity contribution in [1.82, 2.24) is 9.78 Å². The number of ether oxygens (including phenoxy) is 3. The van der Waals surface area contributed by atoms with Gasteiger partial charge in [-0.3, -0.25) is 4.79 Å². The number of nitrogens with two attached hydrogens (primary N) is 1. The molecule has 0 atom stereocenters. The number of hydrogen-bond donors (Lipinski definition) is 1. The molecule has 2 N–H and O–H groups in total. The number of hydrogen-bond acceptors (Lipinski definition) is 6. The van der Waals surface area contributed by atoms with Gasteiger partial charge in [-0.25, -0.2) is 4.68 Å². The number of rotatable bonds is 5. The quantitative estimate of drug-likeness (QED) is 0.901. The molecule has 1 aromatic carbocycles. The molecule has 118 valence electrons. The second-order valence-electron chi connectivity index (χ2n) is 4.49. The molecule has 0 aliphatic heterocycles. The van der Waals surface area contributed by atoms with E-state index in [1.165, 1.54) is 25.0 Å². The summed E-state index contributed by atoms with van der Waals surface area (Å²) in [6, 6.07) is 5.06. The lowest BCUT2D eigenvalue weighted by Gasteiger charge is -2.16. The van der Waals surface area contributed by atoms with Crippen LogP contribution < -0.4 is 25.5 Å². The van der Waals surface area contributed by atoms with Gasteiger partial charge in [0.15, 0.2) is 11.5 Å². The van der Waals surface area contributed by atoms with Gasteiger partial charge in [-0.1, -0.05) is 0 Å². The zero-order valence-corrected chi connectivity index (χ0v) is 13.0. The molecular weight excluding hydrogens is 286 g/mol. The van der Waals surface area contributed by atoms with Gasteiger partial charge in [0.05, 0.1) is 27.0 Å². The Bertz CT molecular complexity index is 740. The van der Waals surface area contributed by atoms with Crippen LogP contribution in [0.5, 0.6) is 17.2 Å². The van der Waals surface area contributed by atoms with E-state index in [1.54, 1.807) is 19.2 Å². The monoisotopic (exact) mass is 305 g/mol. The molecule has 0 spiro atoms. The molecule has 0 aliphatic rings. The number of benzene rings is 1. The Morgan fingerprint density at radius 3 is 2.36 bits per heavy atom. The van der Waals surface area contributed by atoms with Gasteiger partial charge in [0.25, 0.3) is 5.56 Å². The summed E-state index contributed by atoms with van der Waals surface area (Å²) < 4.78 is 17.3. The number of aryl methyl sites for hydroxylation is 1. The van der Waals surface area contributed by atoms with Gasteiger partial charge in [0.2, 0.25) is 5.75 Å². The zero-order valence-electron chi connectivity index (χ0n) is 13.0. The van der Waals surface area contributed by atoms with Gasteiger partial charge in [-0.15, -0.1) is 0 Å². The highest BCUT2D eigenvalue weighted by Gasteiger charge is 2.19. The van der Waals surface area contributed by atoms with Crippen molar-refractivity contribution in [1.29, 1.82) is 0 Å². The maximum Gasteiger partial charge on any atom is 0.289 e. The molecule has 0 bridgehead atoms. The van der Waals surface area contributed by atoms with E-state index in [0.29, 0.717) is 35.1 Å². The molecule has 0 saturated carbocycles. The molecule has 1 aromatic heterocycles. The Morgan fingerprint density at radius 2 is 1.82 bits per heavy atom. The minimum Gasteiger partial charge on any atom is -0.493 e. The summed E-state index contributed by atoms with van der Waals surface area (Å²) in [6.45, 7) is 2.25. The van der Waals surface area contributed by atoms with E-state index in [4.69, 9.17) is 19.9 Å². The van der Waals surface area contributed by atoms with Crippen molar-refractivity contribution in [2.75, 3.05) is 27.1 Å². The zero-order chi connectivity index (χ0) is 16.3. The maximum absolute atomic E-state index is 11.9. The van der Waals surface area contributed by atoms with Crippen LogP contribution in [-0.2, 0) is 6.54 Å². The van der Waals surface area contributed by atoms with E-state index >= 15 is 0 Å². The van der Waals surface area contributed by atoms with Crippen molar-refractivity contribution in [3.05, 3.63) is 28.6 Å². The largest absolute Gasteiger partial charge is 0.493 e. The van der Waals surface area contributed by atoms with Crippen LogP contribution in [0, 0.1) is 0 Å². The van der Waals surface area contributed by atoms with Crippen molar-refractivity contribution in [2.45, 2.75) is 13.5 Å². The van der Waals surface area contributed by atoms with Gasteiger partial charge in [0.1, 0.15) is 5.69 Å². The van der Waals surface area contributed by atoms with Gasteiger partial charge in [0, 0.05) is 12.1 Å². The third-order valence-electron chi connectivity index (χ3n) is 3.28. The number of nitrogens with zero attached hydrogens (tertiary/aromatic N) is 2. The summed E-state index contributed by atoms with van der Waals surface area (Å²) in [4.78, 5) is 11.9. The highest BCUT2D eigenvalue weighted by Crippen LogP contribution is 2.43. The standard InChI is InChI=1S/C15H19N3O4/c1-5-18-15(19)10(16)8-11(17-18)9-6-7-12(20-2)14(22-4)13(9)21-3/h6-8H,5,16H2,1-4H3. The predicted octanol–water partition coefficient (Wildman–Crippen LogP) is 1.54. The number of nitrogen functional groups attached to an aromatic ring is 1. The second-order valence-corrected chi connectivity index (χ2v) is 4.49. The molecule has 0 amide bonds. The van der Waals surface area contributed by atoms with Crippen molar-refractivity contribution in [3.8, 4) is 28.5 Å². The van der Waals surface area contributed by atoms with Crippen LogP contribution in [0.25, 0.3) is 11.3 Å². The minimum absolute atomic E-state index is 0.128. The van der Waals surface area contributed by atoms with Gasteiger partial charge in [-0.05, 0) is 25.1 Å². The molecule has 0 fully saturated rings. The molecular formula is C15H19N3O4. The summed E-state index contributed by atoms with van der Waals surface area (Å²) in [5.74, 6) is 1.46. The van der Waals surface area contributed by atoms with Crippen LogP contribution >= 0.6 is 0 Å². The van der Waals surface area contributed by atoms with Gasteiger partial charge < -0.3 is 19.9 Å². The third kappa shape index (κ3) is 2.57. The molecule has 22 heavy (non-hydrogen) atoms. The molecule has 0 aliphatic carbocycles. The first kappa shape index (κ1) is 15.7. The number of methoxy groups -OCH3 is 3. The lowest BCUT2D eigenvalue weighted by atomic mass is 10.1.